The molecule has 0 unspecified atom stereocenters. The van der Waals surface area contributed by atoms with Crippen molar-refractivity contribution < 1.29 is 4.57 Å². The summed E-state index contributed by atoms with van der Waals surface area (Å²) in [5, 5.41) is 4.41. The van der Waals surface area contributed by atoms with E-state index in [0.29, 0.717) is 0 Å². The monoisotopic (exact) mass is 402 g/mol. The molecule has 0 bridgehead atoms. The third kappa shape index (κ3) is 3.57. The van der Waals surface area contributed by atoms with Crippen LogP contribution in [-0.2, 0) is 13.5 Å². The van der Waals surface area contributed by atoms with E-state index in [2.05, 4.69) is 88.1 Å². The van der Waals surface area contributed by atoms with Gasteiger partial charge in [-0.2, -0.15) is 0 Å². The highest BCUT2D eigenvalue weighted by molar-refractivity contribution is 6.91. The first-order chi connectivity index (χ1) is 13.8. The summed E-state index contributed by atoms with van der Waals surface area (Å²) in [5.41, 5.74) is 7.90. The Morgan fingerprint density at radius 2 is 1.72 bits per heavy atom. The lowest BCUT2D eigenvalue weighted by Gasteiger charge is -2.30. The quantitative estimate of drug-likeness (QED) is 0.352. The van der Waals surface area contributed by atoms with Crippen molar-refractivity contribution in [2.24, 2.45) is 7.05 Å². The second-order valence-electron chi connectivity index (χ2n) is 9.72. The lowest BCUT2D eigenvalue weighted by Crippen LogP contribution is -2.45. The van der Waals surface area contributed by atoms with E-state index in [1.807, 2.05) is 0 Å². The van der Waals surface area contributed by atoms with Gasteiger partial charge in [0.15, 0.2) is 6.20 Å². The minimum atomic E-state index is -1.42. The number of rotatable bonds is 4. The Labute approximate surface area is 177 Å². The molecule has 0 N–H and O–H groups in total. The number of benzene rings is 2. The van der Waals surface area contributed by atoms with Gasteiger partial charge in [-0.3, -0.25) is 0 Å². The van der Waals surface area contributed by atoms with Crippen LogP contribution >= 0.6 is 0 Å². The van der Waals surface area contributed by atoms with Crippen LogP contribution in [0.4, 0.5) is 0 Å². The van der Waals surface area contributed by atoms with Gasteiger partial charge in [0.05, 0.1) is 19.0 Å². The van der Waals surface area contributed by atoms with Gasteiger partial charge in [-0.25, -0.2) is 4.57 Å². The molecule has 0 radical (unpaired) electrons. The molecule has 3 aromatic rings. The fourth-order valence-corrected chi connectivity index (χ4v) is 8.74. The Hall–Kier alpha value is -1.93. The number of fused-ring (bicyclic) bond motifs is 1. The Balaban J connectivity index is 1.89. The van der Waals surface area contributed by atoms with Gasteiger partial charge in [0.2, 0.25) is 5.69 Å². The second kappa shape index (κ2) is 7.72. The van der Waals surface area contributed by atoms with Gasteiger partial charge in [0, 0.05) is 6.07 Å². The summed E-state index contributed by atoms with van der Waals surface area (Å²) in [6, 6.07) is 14.5. The molecular formula is C27H36NSi+. The Kier molecular flexibility index (Phi) is 5.41. The van der Waals surface area contributed by atoms with Crippen LogP contribution in [0.1, 0.15) is 49.3 Å². The molecule has 0 atom stereocenters. The number of hydrogen-bond donors (Lipinski definition) is 0. The highest BCUT2D eigenvalue weighted by Crippen LogP contribution is 2.39. The molecule has 1 fully saturated rings. The van der Waals surface area contributed by atoms with Gasteiger partial charge in [-0.1, -0.05) is 69.1 Å². The fraction of sp³-hybridized carbons (Fsp3) is 0.444. The molecule has 1 nitrogen and oxygen atoms in total. The van der Waals surface area contributed by atoms with E-state index in [0.717, 1.165) is 12.0 Å². The van der Waals surface area contributed by atoms with Crippen LogP contribution in [0.25, 0.3) is 22.0 Å². The van der Waals surface area contributed by atoms with E-state index in [-0.39, 0.29) is 0 Å². The van der Waals surface area contributed by atoms with Gasteiger partial charge >= 0.3 is 0 Å². The predicted octanol–water partition coefficient (Wildman–Crippen LogP) is 6.37. The standard InChI is InChI=1S/C27H36NSi/c1-7-21-16-19(2)20(3)26(17-21)27-25-13-12-24(18-22(25)14-15-28(27)4)29(5,6)23-10-8-9-11-23/h12-18,23H,7-11H2,1-6H3/q+1. The van der Waals surface area contributed by atoms with Crippen molar-refractivity contribution in [1.82, 2.24) is 0 Å². The van der Waals surface area contributed by atoms with Crippen LogP contribution in [0.5, 0.6) is 0 Å². The maximum Gasteiger partial charge on any atom is 0.220 e. The molecule has 2 heteroatoms. The number of nitrogens with zero attached hydrogens (tertiary/aromatic N) is 1. The van der Waals surface area contributed by atoms with Gasteiger partial charge in [-0.05, 0) is 60.0 Å². The maximum absolute atomic E-state index is 2.59. The minimum Gasteiger partial charge on any atom is -0.200 e. The van der Waals surface area contributed by atoms with Crippen molar-refractivity contribution in [1.29, 1.82) is 0 Å². The fourth-order valence-electron chi connectivity index (χ4n) is 5.38. The summed E-state index contributed by atoms with van der Waals surface area (Å²) < 4.78 is 2.31. The van der Waals surface area contributed by atoms with Crippen LogP contribution in [0.15, 0.2) is 42.6 Å². The molecule has 1 aliphatic carbocycles. The summed E-state index contributed by atoms with van der Waals surface area (Å²) >= 11 is 0. The first-order valence-electron chi connectivity index (χ1n) is 11.4. The highest BCUT2D eigenvalue weighted by Gasteiger charge is 2.35. The molecule has 152 valence electrons. The molecular weight excluding hydrogens is 366 g/mol. The van der Waals surface area contributed by atoms with Crippen molar-refractivity contribution in [3.8, 4) is 11.3 Å². The zero-order valence-corrected chi connectivity index (χ0v) is 20.1. The van der Waals surface area contributed by atoms with E-state index in [1.54, 1.807) is 5.19 Å². The Morgan fingerprint density at radius 3 is 2.41 bits per heavy atom. The van der Waals surface area contributed by atoms with Gasteiger partial charge in [0.1, 0.15) is 7.05 Å². The number of hydrogen-bond acceptors (Lipinski definition) is 0. The maximum atomic E-state index is 2.59. The Bertz CT molecular complexity index is 1060. The number of aryl methyl sites for hydroxylation is 3. The largest absolute Gasteiger partial charge is 0.220 e. The molecule has 1 saturated carbocycles. The third-order valence-corrected chi connectivity index (χ3v) is 12.1. The van der Waals surface area contributed by atoms with Crippen molar-refractivity contribution in [3.05, 3.63) is 59.3 Å². The summed E-state index contributed by atoms with van der Waals surface area (Å²) in [6.45, 7) is 11.9. The van der Waals surface area contributed by atoms with E-state index in [9.17, 15) is 0 Å². The van der Waals surface area contributed by atoms with Gasteiger partial charge in [0.25, 0.3) is 0 Å². The van der Waals surface area contributed by atoms with E-state index in [4.69, 9.17) is 0 Å². The zero-order valence-electron chi connectivity index (χ0n) is 19.1. The molecule has 0 aliphatic heterocycles. The topological polar surface area (TPSA) is 3.88 Å². The molecule has 0 amide bonds. The van der Waals surface area contributed by atoms with Gasteiger partial charge in [-0.15, -0.1) is 0 Å². The summed E-state index contributed by atoms with van der Waals surface area (Å²) in [7, 11) is 0.773. The predicted molar refractivity (Wildman–Crippen MR) is 129 cm³/mol. The van der Waals surface area contributed by atoms with Crippen molar-refractivity contribution in [2.45, 2.75) is 71.5 Å². The zero-order chi connectivity index (χ0) is 20.8. The van der Waals surface area contributed by atoms with Crippen molar-refractivity contribution in [3.63, 3.8) is 0 Å². The number of aromatic nitrogens is 1. The van der Waals surface area contributed by atoms with Crippen molar-refractivity contribution >= 4 is 24.0 Å². The summed E-state index contributed by atoms with van der Waals surface area (Å²) in [5.74, 6) is 0. The first-order valence-corrected chi connectivity index (χ1v) is 14.4. The lowest BCUT2D eigenvalue weighted by molar-refractivity contribution is -0.659. The SMILES string of the molecule is CCc1cc(C)c(C)c(-c2c3ccc([Si](C)(C)C4CCCC4)cc3cc[n+]2C)c1. The van der Waals surface area contributed by atoms with Crippen LogP contribution in [0, 0.1) is 13.8 Å². The first kappa shape index (κ1) is 20.3. The van der Waals surface area contributed by atoms with Crippen LogP contribution < -0.4 is 9.75 Å². The second-order valence-corrected chi connectivity index (χ2v) is 14.6. The van der Waals surface area contributed by atoms with Crippen LogP contribution in [0.3, 0.4) is 0 Å². The minimum absolute atomic E-state index is 0.949. The molecule has 1 aliphatic rings. The van der Waals surface area contributed by atoms with E-state index in [1.165, 1.54) is 64.4 Å². The molecule has 0 spiro atoms. The van der Waals surface area contributed by atoms with Crippen LogP contribution in [0.2, 0.25) is 18.6 Å². The summed E-state index contributed by atoms with van der Waals surface area (Å²) in [4.78, 5) is 0. The lowest BCUT2D eigenvalue weighted by atomic mass is 9.93. The molecule has 4 rings (SSSR count). The molecule has 2 aromatic carbocycles. The number of pyridine rings is 1. The van der Waals surface area contributed by atoms with Crippen molar-refractivity contribution in [2.75, 3.05) is 0 Å². The average molecular weight is 403 g/mol. The molecule has 1 aromatic heterocycles. The smallest absolute Gasteiger partial charge is 0.200 e. The normalized spacial score (nSPS) is 15.4. The summed E-state index contributed by atoms with van der Waals surface area (Å²) in [6.07, 6.45) is 9.07. The van der Waals surface area contributed by atoms with E-state index < -0.39 is 8.07 Å². The Morgan fingerprint density at radius 1 is 1.00 bits per heavy atom. The molecule has 1 heterocycles. The average Bonchev–Trinajstić information content (AvgIpc) is 3.25. The van der Waals surface area contributed by atoms with E-state index >= 15 is 0 Å². The molecule has 0 saturated heterocycles. The highest BCUT2D eigenvalue weighted by atomic mass is 28.3. The molecule has 29 heavy (non-hydrogen) atoms. The van der Waals surface area contributed by atoms with Gasteiger partial charge < -0.3 is 0 Å². The van der Waals surface area contributed by atoms with Crippen LogP contribution in [-0.4, -0.2) is 8.07 Å². The third-order valence-electron chi connectivity index (χ3n) is 7.65.